The Morgan fingerprint density at radius 1 is 0.914 bits per heavy atom. The van der Waals surface area contributed by atoms with Crippen molar-refractivity contribution in [3.8, 4) is 0 Å². The van der Waals surface area contributed by atoms with Gasteiger partial charge in [-0.15, -0.1) is 0 Å². The third-order valence-electron chi connectivity index (χ3n) is 6.06. The van der Waals surface area contributed by atoms with Gasteiger partial charge >= 0.3 is 6.03 Å². The summed E-state index contributed by atoms with van der Waals surface area (Å²) < 4.78 is 29.0. The van der Waals surface area contributed by atoms with Crippen LogP contribution in [0.1, 0.15) is 5.56 Å². The Hall–Kier alpha value is -4.27. The fourth-order valence-electron chi connectivity index (χ4n) is 4.22. The summed E-state index contributed by atoms with van der Waals surface area (Å²) in [4.78, 5) is 34.1. The van der Waals surface area contributed by atoms with Gasteiger partial charge in [-0.2, -0.15) is 0 Å². The molecule has 0 atom stereocenters. The Balaban J connectivity index is 1.36. The number of amides is 2. The predicted octanol–water partition coefficient (Wildman–Crippen LogP) is 4.08. The molecule has 178 valence electrons. The average Bonchev–Trinajstić information content (AvgIpc) is 2.88. The van der Waals surface area contributed by atoms with E-state index in [1.165, 1.54) is 4.90 Å². The summed E-state index contributed by atoms with van der Waals surface area (Å²) in [6.07, 6.45) is 0. The number of halogens is 2. The first-order chi connectivity index (χ1) is 17.0. The van der Waals surface area contributed by atoms with Crippen LogP contribution in [0.4, 0.5) is 25.1 Å². The molecule has 1 saturated heterocycles. The van der Waals surface area contributed by atoms with E-state index in [1.54, 1.807) is 4.57 Å². The van der Waals surface area contributed by atoms with Crippen LogP contribution in [0.5, 0.6) is 0 Å². The second-order valence-corrected chi connectivity index (χ2v) is 8.33. The van der Waals surface area contributed by atoms with Gasteiger partial charge in [0.05, 0.1) is 23.3 Å². The van der Waals surface area contributed by atoms with Gasteiger partial charge in [-0.3, -0.25) is 9.36 Å². The molecule has 0 spiro atoms. The molecule has 2 heterocycles. The van der Waals surface area contributed by atoms with Crippen molar-refractivity contribution in [3.63, 3.8) is 0 Å². The van der Waals surface area contributed by atoms with E-state index < -0.39 is 17.7 Å². The smallest absolute Gasteiger partial charge is 0.322 e. The number of nitrogens with zero attached hydrogens (tertiary/aromatic N) is 4. The number of hydrogen-bond donors (Lipinski definition) is 1. The Kier molecular flexibility index (Phi) is 6.13. The molecule has 5 rings (SSSR count). The molecule has 35 heavy (non-hydrogen) atoms. The molecule has 9 heteroatoms. The van der Waals surface area contributed by atoms with E-state index in [2.05, 4.69) is 10.3 Å². The Morgan fingerprint density at radius 3 is 2.40 bits per heavy atom. The number of aromatic nitrogens is 2. The van der Waals surface area contributed by atoms with Crippen molar-refractivity contribution in [2.24, 2.45) is 0 Å². The standard InChI is InChI=1S/C26H23F2N5O2/c27-19-10-11-20(28)22(16-19)30-26(35)32-14-12-31(13-15-32)24-25(34)33(17-18-6-2-1-3-7-18)23-9-5-4-8-21(23)29-24/h1-11,16H,12-15,17H2,(H,30,35). The molecule has 0 bridgehead atoms. The number of nitrogens with one attached hydrogen (secondary N) is 1. The summed E-state index contributed by atoms with van der Waals surface area (Å²) in [7, 11) is 0. The lowest BCUT2D eigenvalue weighted by molar-refractivity contribution is 0.208. The van der Waals surface area contributed by atoms with E-state index in [0.717, 1.165) is 29.3 Å². The summed E-state index contributed by atoms with van der Waals surface area (Å²) in [5, 5.41) is 2.42. The first-order valence-corrected chi connectivity index (χ1v) is 11.3. The minimum absolute atomic E-state index is 0.202. The Morgan fingerprint density at radius 2 is 1.63 bits per heavy atom. The number of carbonyl (C=O) groups excluding carboxylic acids is 1. The fraction of sp³-hybridized carbons (Fsp3) is 0.192. The van der Waals surface area contributed by atoms with E-state index in [4.69, 9.17) is 0 Å². The molecule has 0 saturated carbocycles. The Labute approximate surface area is 200 Å². The van der Waals surface area contributed by atoms with Gasteiger partial charge in [-0.05, 0) is 29.8 Å². The van der Waals surface area contributed by atoms with Crippen molar-refractivity contribution in [2.45, 2.75) is 6.54 Å². The predicted molar refractivity (Wildman–Crippen MR) is 131 cm³/mol. The molecular formula is C26H23F2N5O2. The molecule has 1 fully saturated rings. The van der Waals surface area contributed by atoms with Crippen molar-refractivity contribution in [1.29, 1.82) is 0 Å². The zero-order valence-electron chi connectivity index (χ0n) is 18.8. The molecular weight excluding hydrogens is 452 g/mol. The van der Waals surface area contributed by atoms with E-state index in [0.29, 0.717) is 44.1 Å². The van der Waals surface area contributed by atoms with Gasteiger partial charge in [0.1, 0.15) is 11.6 Å². The lowest BCUT2D eigenvalue weighted by Crippen LogP contribution is -2.51. The zero-order chi connectivity index (χ0) is 24.4. The number of para-hydroxylation sites is 2. The molecule has 2 amide bonds. The maximum atomic E-state index is 13.9. The quantitative estimate of drug-likeness (QED) is 0.483. The lowest BCUT2D eigenvalue weighted by atomic mass is 10.2. The van der Waals surface area contributed by atoms with E-state index in [-0.39, 0.29) is 11.2 Å². The first kappa shape index (κ1) is 22.5. The summed E-state index contributed by atoms with van der Waals surface area (Å²) >= 11 is 0. The van der Waals surface area contributed by atoms with Gasteiger partial charge in [0.2, 0.25) is 0 Å². The number of benzene rings is 3. The summed E-state index contributed by atoms with van der Waals surface area (Å²) in [6.45, 7) is 1.78. The van der Waals surface area contributed by atoms with Gasteiger partial charge in [-0.25, -0.2) is 18.6 Å². The minimum atomic E-state index is -0.710. The molecule has 1 N–H and O–H groups in total. The molecule has 4 aromatic rings. The topological polar surface area (TPSA) is 70.5 Å². The summed E-state index contributed by atoms with van der Waals surface area (Å²) in [5.74, 6) is -1.02. The number of anilines is 2. The van der Waals surface area contributed by atoms with Crippen LogP contribution in [0, 0.1) is 11.6 Å². The Bertz CT molecular complexity index is 1430. The highest BCUT2D eigenvalue weighted by Gasteiger charge is 2.25. The lowest BCUT2D eigenvalue weighted by Gasteiger charge is -2.35. The van der Waals surface area contributed by atoms with Crippen LogP contribution in [0.2, 0.25) is 0 Å². The molecule has 1 aliphatic heterocycles. The maximum absolute atomic E-state index is 13.9. The van der Waals surface area contributed by atoms with Crippen LogP contribution in [-0.2, 0) is 6.54 Å². The summed E-state index contributed by atoms with van der Waals surface area (Å²) in [6, 6.07) is 19.6. The number of hydrogen-bond acceptors (Lipinski definition) is 4. The van der Waals surface area contributed by atoms with Gasteiger partial charge in [0, 0.05) is 32.2 Å². The summed E-state index contributed by atoms with van der Waals surface area (Å²) in [5.41, 5.74) is 2.05. The molecule has 0 unspecified atom stereocenters. The number of piperazine rings is 1. The third kappa shape index (κ3) is 4.70. The molecule has 3 aromatic carbocycles. The van der Waals surface area contributed by atoms with E-state index >= 15 is 0 Å². The molecule has 7 nitrogen and oxygen atoms in total. The largest absolute Gasteiger partial charge is 0.348 e. The second kappa shape index (κ2) is 9.54. The SMILES string of the molecule is O=C(Nc1cc(F)ccc1F)N1CCN(c2nc3ccccc3n(Cc3ccccc3)c2=O)CC1. The highest BCUT2D eigenvalue weighted by atomic mass is 19.1. The first-order valence-electron chi connectivity index (χ1n) is 11.3. The van der Waals surface area contributed by atoms with Crippen LogP contribution in [0.25, 0.3) is 11.0 Å². The van der Waals surface area contributed by atoms with Gasteiger partial charge < -0.3 is 15.1 Å². The number of urea groups is 1. The van der Waals surface area contributed by atoms with Gasteiger partial charge in [-0.1, -0.05) is 42.5 Å². The van der Waals surface area contributed by atoms with E-state index in [1.807, 2.05) is 59.5 Å². The highest BCUT2D eigenvalue weighted by Crippen LogP contribution is 2.19. The van der Waals surface area contributed by atoms with Gasteiger partial charge in [0.15, 0.2) is 5.82 Å². The average molecular weight is 475 g/mol. The zero-order valence-corrected chi connectivity index (χ0v) is 18.8. The van der Waals surface area contributed by atoms with Crippen molar-refractivity contribution in [3.05, 3.63) is 100 Å². The second-order valence-electron chi connectivity index (χ2n) is 8.33. The van der Waals surface area contributed by atoms with Crippen LogP contribution in [-0.4, -0.2) is 46.7 Å². The van der Waals surface area contributed by atoms with Crippen LogP contribution < -0.4 is 15.8 Å². The van der Waals surface area contributed by atoms with Crippen molar-refractivity contribution >= 4 is 28.6 Å². The normalized spacial score (nSPS) is 13.8. The monoisotopic (exact) mass is 475 g/mol. The van der Waals surface area contributed by atoms with Crippen LogP contribution in [0.3, 0.4) is 0 Å². The molecule has 1 aliphatic rings. The molecule has 0 aliphatic carbocycles. The van der Waals surface area contributed by atoms with E-state index in [9.17, 15) is 18.4 Å². The maximum Gasteiger partial charge on any atom is 0.322 e. The molecule has 1 aromatic heterocycles. The number of fused-ring (bicyclic) bond motifs is 1. The minimum Gasteiger partial charge on any atom is -0.348 e. The number of rotatable bonds is 4. The van der Waals surface area contributed by atoms with Crippen molar-refractivity contribution in [1.82, 2.24) is 14.5 Å². The fourth-order valence-corrected chi connectivity index (χ4v) is 4.22. The van der Waals surface area contributed by atoms with Crippen molar-refractivity contribution < 1.29 is 13.6 Å². The molecule has 0 radical (unpaired) electrons. The highest BCUT2D eigenvalue weighted by molar-refractivity contribution is 5.89. The van der Waals surface area contributed by atoms with Crippen LogP contribution in [0.15, 0.2) is 77.6 Å². The third-order valence-corrected chi connectivity index (χ3v) is 6.06. The van der Waals surface area contributed by atoms with Crippen molar-refractivity contribution in [2.75, 3.05) is 36.4 Å². The van der Waals surface area contributed by atoms with Crippen LogP contribution >= 0.6 is 0 Å². The number of carbonyl (C=O) groups is 1. The van der Waals surface area contributed by atoms with Gasteiger partial charge in [0.25, 0.3) is 5.56 Å².